The fourth-order valence-corrected chi connectivity index (χ4v) is 2.53. The van der Waals surface area contributed by atoms with E-state index in [4.69, 9.17) is 4.74 Å². The molecule has 19 heavy (non-hydrogen) atoms. The first-order chi connectivity index (χ1) is 8.87. The van der Waals surface area contributed by atoms with Crippen LogP contribution in [-0.2, 0) is 17.9 Å². The van der Waals surface area contributed by atoms with Crippen molar-refractivity contribution in [1.82, 2.24) is 10.3 Å². The second-order valence-electron chi connectivity index (χ2n) is 4.12. The van der Waals surface area contributed by atoms with Crippen LogP contribution in [0, 0.1) is 0 Å². The number of nitrogens with one attached hydrogen (secondary N) is 1. The zero-order chi connectivity index (χ0) is 14.5. The molecule has 0 fully saturated rings. The van der Waals surface area contributed by atoms with Crippen LogP contribution >= 0.6 is 11.3 Å². The summed E-state index contributed by atoms with van der Waals surface area (Å²) in [4.78, 5) is 6.84. The van der Waals surface area contributed by atoms with E-state index in [2.05, 4.69) is 10.3 Å². The van der Waals surface area contributed by atoms with Crippen LogP contribution in [0.25, 0.3) is 0 Å². The van der Waals surface area contributed by atoms with Crippen molar-refractivity contribution in [3.63, 3.8) is 0 Å². The first-order valence-corrected chi connectivity index (χ1v) is 6.59. The quantitative estimate of drug-likeness (QED) is 0.838. The van der Waals surface area contributed by atoms with Gasteiger partial charge in [0, 0.05) is 32.1 Å². The van der Waals surface area contributed by atoms with Crippen molar-refractivity contribution in [3.05, 3.63) is 10.6 Å². The molecule has 0 saturated carbocycles. The minimum absolute atomic E-state index is 0.0948. The van der Waals surface area contributed by atoms with Gasteiger partial charge in [-0.25, -0.2) is 4.98 Å². The molecule has 1 aromatic rings. The SMILES string of the molecule is CNCc1sc(N(C)CCC(F)(F)F)nc1COC. The summed E-state index contributed by atoms with van der Waals surface area (Å²) >= 11 is 1.39. The molecule has 8 heteroatoms. The molecule has 0 saturated heterocycles. The molecule has 0 aliphatic rings. The molecule has 0 aliphatic heterocycles. The molecular weight excluding hydrogens is 279 g/mol. The lowest BCUT2D eigenvalue weighted by molar-refractivity contribution is -0.132. The van der Waals surface area contributed by atoms with Crippen LogP contribution in [0.2, 0.25) is 0 Å². The Bertz CT molecular complexity index is 372. The van der Waals surface area contributed by atoms with Gasteiger partial charge >= 0.3 is 6.18 Å². The number of hydrogen-bond donors (Lipinski definition) is 1. The maximum absolute atomic E-state index is 12.2. The average molecular weight is 297 g/mol. The van der Waals surface area contributed by atoms with E-state index < -0.39 is 12.6 Å². The van der Waals surface area contributed by atoms with Gasteiger partial charge in [0.15, 0.2) is 5.13 Å². The van der Waals surface area contributed by atoms with Gasteiger partial charge in [0.1, 0.15) is 0 Å². The number of aromatic nitrogens is 1. The molecule has 1 rings (SSSR count). The highest BCUT2D eigenvalue weighted by atomic mass is 32.1. The molecule has 0 bridgehead atoms. The molecule has 0 spiro atoms. The number of hydrogen-bond acceptors (Lipinski definition) is 5. The Kier molecular flexibility index (Phi) is 6.02. The minimum Gasteiger partial charge on any atom is -0.378 e. The van der Waals surface area contributed by atoms with Gasteiger partial charge in [0.2, 0.25) is 0 Å². The Morgan fingerprint density at radius 1 is 1.42 bits per heavy atom. The summed E-state index contributed by atoms with van der Waals surface area (Å²) in [6.07, 6.45) is -4.99. The van der Waals surface area contributed by atoms with Gasteiger partial charge in [-0.3, -0.25) is 0 Å². The third-order valence-corrected chi connectivity index (χ3v) is 3.65. The van der Waals surface area contributed by atoms with Gasteiger partial charge < -0.3 is 15.0 Å². The molecule has 1 aromatic heterocycles. The van der Waals surface area contributed by atoms with Crippen LogP contribution in [0.5, 0.6) is 0 Å². The summed E-state index contributed by atoms with van der Waals surface area (Å²) in [6.45, 7) is 0.895. The fraction of sp³-hybridized carbons (Fsp3) is 0.727. The van der Waals surface area contributed by atoms with E-state index in [-0.39, 0.29) is 6.54 Å². The topological polar surface area (TPSA) is 37.4 Å². The van der Waals surface area contributed by atoms with Crippen LogP contribution in [0.4, 0.5) is 18.3 Å². The van der Waals surface area contributed by atoms with Gasteiger partial charge in [-0.15, -0.1) is 11.3 Å². The van der Waals surface area contributed by atoms with E-state index >= 15 is 0 Å². The number of ether oxygens (including phenoxy) is 1. The van der Waals surface area contributed by atoms with Crippen LogP contribution < -0.4 is 10.2 Å². The third kappa shape index (κ3) is 5.33. The molecule has 0 atom stereocenters. The summed E-state index contributed by atoms with van der Waals surface area (Å²) in [5, 5.41) is 3.59. The Balaban J connectivity index is 2.73. The summed E-state index contributed by atoms with van der Waals surface area (Å²) in [5.41, 5.74) is 0.774. The molecule has 4 nitrogen and oxygen atoms in total. The van der Waals surface area contributed by atoms with E-state index in [1.807, 2.05) is 7.05 Å². The van der Waals surface area contributed by atoms with E-state index in [1.165, 1.54) is 16.2 Å². The smallest absolute Gasteiger partial charge is 0.378 e. The number of rotatable bonds is 7. The average Bonchev–Trinajstić information content (AvgIpc) is 2.70. The second-order valence-corrected chi connectivity index (χ2v) is 5.18. The van der Waals surface area contributed by atoms with Crippen molar-refractivity contribution in [2.24, 2.45) is 0 Å². The lowest BCUT2D eigenvalue weighted by Gasteiger charge is -2.16. The van der Waals surface area contributed by atoms with Crippen molar-refractivity contribution >= 4 is 16.5 Å². The van der Waals surface area contributed by atoms with Gasteiger partial charge in [-0.05, 0) is 7.05 Å². The predicted octanol–water partition coefficient (Wildman–Crippen LogP) is 2.40. The van der Waals surface area contributed by atoms with E-state index in [9.17, 15) is 13.2 Å². The van der Waals surface area contributed by atoms with Crippen LogP contribution in [0.15, 0.2) is 0 Å². The molecule has 0 amide bonds. The Morgan fingerprint density at radius 3 is 2.63 bits per heavy atom. The molecule has 0 radical (unpaired) electrons. The van der Waals surface area contributed by atoms with Gasteiger partial charge in [0.25, 0.3) is 0 Å². The molecule has 1 N–H and O–H groups in total. The molecule has 0 aromatic carbocycles. The molecule has 0 unspecified atom stereocenters. The Hall–Kier alpha value is -0.860. The highest BCUT2D eigenvalue weighted by molar-refractivity contribution is 7.15. The number of anilines is 1. The summed E-state index contributed by atoms with van der Waals surface area (Å²) < 4.78 is 41.6. The van der Waals surface area contributed by atoms with E-state index in [1.54, 1.807) is 14.2 Å². The van der Waals surface area contributed by atoms with Crippen LogP contribution in [0.1, 0.15) is 17.0 Å². The monoisotopic (exact) mass is 297 g/mol. The molecule has 0 aliphatic carbocycles. The molecule has 110 valence electrons. The summed E-state index contributed by atoms with van der Waals surface area (Å²) in [5.74, 6) is 0. The largest absolute Gasteiger partial charge is 0.390 e. The maximum Gasteiger partial charge on any atom is 0.390 e. The van der Waals surface area contributed by atoms with Crippen molar-refractivity contribution in [2.45, 2.75) is 25.7 Å². The standard InChI is InChI=1S/C11H18F3N3OS/c1-15-6-9-8(7-18-3)16-10(19-9)17(2)5-4-11(12,13)14/h15H,4-7H2,1-3H3. The summed E-state index contributed by atoms with van der Waals surface area (Å²) in [6, 6.07) is 0. The zero-order valence-corrected chi connectivity index (χ0v) is 12.0. The normalized spacial score (nSPS) is 11.9. The Morgan fingerprint density at radius 2 is 2.11 bits per heavy atom. The van der Waals surface area contributed by atoms with Gasteiger partial charge in [-0.2, -0.15) is 13.2 Å². The number of halogens is 3. The number of nitrogens with zero attached hydrogens (tertiary/aromatic N) is 2. The second kappa shape index (κ2) is 7.06. The predicted molar refractivity (Wildman–Crippen MR) is 69.5 cm³/mol. The lowest BCUT2D eigenvalue weighted by Crippen LogP contribution is -2.23. The lowest BCUT2D eigenvalue weighted by atomic mass is 10.4. The highest BCUT2D eigenvalue weighted by Crippen LogP contribution is 2.28. The number of thiazole rings is 1. The minimum atomic E-state index is -4.14. The van der Waals surface area contributed by atoms with E-state index in [0.717, 1.165) is 10.6 Å². The molecular formula is C11H18F3N3OS. The van der Waals surface area contributed by atoms with Crippen molar-refractivity contribution < 1.29 is 17.9 Å². The van der Waals surface area contributed by atoms with Crippen molar-refractivity contribution in [3.8, 4) is 0 Å². The van der Waals surface area contributed by atoms with E-state index in [0.29, 0.717) is 18.3 Å². The van der Waals surface area contributed by atoms with Gasteiger partial charge in [0.05, 0.1) is 18.7 Å². The van der Waals surface area contributed by atoms with Crippen molar-refractivity contribution in [1.29, 1.82) is 0 Å². The summed E-state index contributed by atoms with van der Waals surface area (Å²) in [7, 11) is 4.99. The first kappa shape index (κ1) is 16.2. The van der Waals surface area contributed by atoms with Crippen molar-refractivity contribution in [2.75, 3.05) is 32.6 Å². The first-order valence-electron chi connectivity index (χ1n) is 5.77. The number of methoxy groups -OCH3 is 1. The maximum atomic E-state index is 12.2. The third-order valence-electron chi connectivity index (χ3n) is 2.44. The van der Waals surface area contributed by atoms with Gasteiger partial charge in [-0.1, -0.05) is 0 Å². The Labute approximate surface area is 114 Å². The number of alkyl halides is 3. The zero-order valence-electron chi connectivity index (χ0n) is 11.2. The van der Waals surface area contributed by atoms with Crippen LogP contribution in [-0.4, -0.2) is 38.9 Å². The molecule has 1 heterocycles. The highest BCUT2D eigenvalue weighted by Gasteiger charge is 2.27. The fourth-order valence-electron chi connectivity index (χ4n) is 1.47. The van der Waals surface area contributed by atoms with Crippen LogP contribution in [0.3, 0.4) is 0 Å².